The van der Waals surface area contributed by atoms with Crippen LogP contribution in [0.3, 0.4) is 0 Å². The summed E-state index contributed by atoms with van der Waals surface area (Å²) in [5.41, 5.74) is 2.28. The van der Waals surface area contributed by atoms with Crippen LogP contribution >= 0.6 is 22.6 Å². The standard InChI is InChI=1S/C15H16IN3O2/c1-3-10(2)19-7-6-12(17-19)9-18-13-5-4-11(16)8-14(13)21-15(18)20/h4-8,10H,3,9H2,1-2H3. The summed E-state index contributed by atoms with van der Waals surface area (Å²) < 4.78 is 9.89. The van der Waals surface area contributed by atoms with Gasteiger partial charge in [-0.2, -0.15) is 5.10 Å². The van der Waals surface area contributed by atoms with Crippen LogP contribution in [0, 0.1) is 3.57 Å². The van der Waals surface area contributed by atoms with Gasteiger partial charge in [0.05, 0.1) is 17.8 Å². The lowest BCUT2D eigenvalue weighted by Crippen LogP contribution is -2.15. The third-order valence-electron chi connectivity index (χ3n) is 3.66. The number of fused-ring (bicyclic) bond motifs is 1. The SMILES string of the molecule is CCC(C)n1ccc(Cn2c(=O)oc3cc(I)ccc32)n1. The molecule has 0 saturated heterocycles. The van der Waals surface area contributed by atoms with Gasteiger partial charge in [0.25, 0.3) is 0 Å². The number of aromatic nitrogens is 3. The molecular weight excluding hydrogens is 381 g/mol. The summed E-state index contributed by atoms with van der Waals surface area (Å²) >= 11 is 2.20. The van der Waals surface area contributed by atoms with Crippen LogP contribution in [0.2, 0.25) is 0 Å². The second kappa shape index (κ2) is 5.67. The van der Waals surface area contributed by atoms with E-state index in [9.17, 15) is 4.79 Å². The Morgan fingerprint density at radius 3 is 2.95 bits per heavy atom. The number of halogens is 1. The van der Waals surface area contributed by atoms with Gasteiger partial charge in [-0.05, 0) is 60.2 Å². The maximum atomic E-state index is 12.0. The lowest BCUT2D eigenvalue weighted by molar-refractivity contribution is 0.469. The highest BCUT2D eigenvalue weighted by Gasteiger charge is 2.12. The predicted octanol–water partition coefficient (Wildman–Crippen LogP) is 3.41. The summed E-state index contributed by atoms with van der Waals surface area (Å²) in [5, 5.41) is 4.54. The molecule has 0 aliphatic rings. The highest BCUT2D eigenvalue weighted by molar-refractivity contribution is 14.1. The molecule has 0 radical (unpaired) electrons. The van der Waals surface area contributed by atoms with Crippen LogP contribution in [0.5, 0.6) is 0 Å². The van der Waals surface area contributed by atoms with E-state index in [1.807, 2.05) is 35.1 Å². The van der Waals surface area contributed by atoms with Crippen LogP contribution in [-0.2, 0) is 6.54 Å². The molecule has 0 amide bonds. The topological polar surface area (TPSA) is 53.0 Å². The van der Waals surface area contributed by atoms with Crippen molar-refractivity contribution >= 4 is 33.7 Å². The van der Waals surface area contributed by atoms with Gasteiger partial charge in [-0.25, -0.2) is 4.79 Å². The van der Waals surface area contributed by atoms with E-state index in [-0.39, 0.29) is 5.76 Å². The predicted molar refractivity (Wildman–Crippen MR) is 89.5 cm³/mol. The quantitative estimate of drug-likeness (QED) is 0.634. The van der Waals surface area contributed by atoms with E-state index in [2.05, 4.69) is 41.5 Å². The van der Waals surface area contributed by atoms with E-state index in [4.69, 9.17) is 4.42 Å². The molecule has 0 N–H and O–H groups in total. The molecule has 0 bridgehead atoms. The van der Waals surface area contributed by atoms with Crippen molar-refractivity contribution in [2.75, 3.05) is 0 Å². The molecule has 0 aliphatic carbocycles. The second-order valence-electron chi connectivity index (χ2n) is 5.11. The van der Waals surface area contributed by atoms with Gasteiger partial charge in [0.2, 0.25) is 0 Å². The van der Waals surface area contributed by atoms with Crippen molar-refractivity contribution in [2.24, 2.45) is 0 Å². The Balaban J connectivity index is 1.96. The minimum atomic E-state index is -0.343. The van der Waals surface area contributed by atoms with Crippen LogP contribution in [0.1, 0.15) is 32.0 Å². The van der Waals surface area contributed by atoms with Gasteiger partial charge in [-0.15, -0.1) is 0 Å². The lowest BCUT2D eigenvalue weighted by Gasteiger charge is -2.08. The van der Waals surface area contributed by atoms with Crippen molar-refractivity contribution in [2.45, 2.75) is 32.9 Å². The Morgan fingerprint density at radius 2 is 2.19 bits per heavy atom. The molecule has 1 unspecified atom stereocenters. The van der Waals surface area contributed by atoms with Crippen molar-refractivity contribution in [3.05, 3.63) is 50.3 Å². The van der Waals surface area contributed by atoms with Gasteiger partial charge >= 0.3 is 5.76 Å². The number of rotatable bonds is 4. The molecule has 2 heterocycles. The first-order valence-corrected chi connectivity index (χ1v) is 7.99. The molecule has 3 aromatic rings. The maximum absolute atomic E-state index is 12.0. The first-order chi connectivity index (χ1) is 10.1. The number of benzene rings is 1. The average Bonchev–Trinajstić information content (AvgIpc) is 3.04. The van der Waals surface area contributed by atoms with Crippen LogP contribution in [-0.4, -0.2) is 14.3 Å². The second-order valence-corrected chi connectivity index (χ2v) is 6.36. The van der Waals surface area contributed by atoms with Gasteiger partial charge in [0.15, 0.2) is 5.58 Å². The largest absolute Gasteiger partial charge is 0.420 e. The fraction of sp³-hybridized carbons (Fsp3) is 0.333. The Morgan fingerprint density at radius 1 is 1.38 bits per heavy atom. The monoisotopic (exact) mass is 397 g/mol. The first-order valence-electron chi connectivity index (χ1n) is 6.91. The molecular formula is C15H16IN3O2. The molecule has 0 fully saturated rings. The van der Waals surface area contributed by atoms with Gasteiger partial charge in [-0.3, -0.25) is 9.25 Å². The zero-order valence-corrected chi connectivity index (χ0v) is 14.1. The Kier molecular flexibility index (Phi) is 3.88. The number of nitrogens with zero attached hydrogens (tertiary/aromatic N) is 3. The molecule has 21 heavy (non-hydrogen) atoms. The summed E-state index contributed by atoms with van der Waals surface area (Å²) in [5.74, 6) is -0.343. The van der Waals surface area contributed by atoms with Crippen molar-refractivity contribution in [3.63, 3.8) is 0 Å². The molecule has 5 nitrogen and oxygen atoms in total. The molecule has 0 spiro atoms. The Labute approximate surface area is 135 Å². The van der Waals surface area contributed by atoms with Gasteiger partial charge in [-0.1, -0.05) is 6.92 Å². The van der Waals surface area contributed by atoms with Crippen molar-refractivity contribution in [3.8, 4) is 0 Å². The highest BCUT2D eigenvalue weighted by Crippen LogP contribution is 2.17. The molecule has 1 atom stereocenters. The Hall–Kier alpha value is -1.57. The fourth-order valence-corrected chi connectivity index (χ4v) is 2.71. The Bertz CT molecular complexity index is 831. The minimum absolute atomic E-state index is 0.343. The summed E-state index contributed by atoms with van der Waals surface area (Å²) in [7, 11) is 0. The van der Waals surface area contributed by atoms with Crippen LogP contribution in [0.15, 0.2) is 39.7 Å². The maximum Gasteiger partial charge on any atom is 0.420 e. The van der Waals surface area contributed by atoms with E-state index >= 15 is 0 Å². The average molecular weight is 397 g/mol. The summed E-state index contributed by atoms with van der Waals surface area (Å²) in [4.78, 5) is 12.0. The smallest absolute Gasteiger partial charge is 0.408 e. The van der Waals surface area contributed by atoms with Crippen LogP contribution in [0.25, 0.3) is 11.1 Å². The number of oxazole rings is 1. The fourth-order valence-electron chi connectivity index (χ4n) is 2.25. The molecule has 3 rings (SSSR count). The van der Waals surface area contributed by atoms with E-state index in [1.165, 1.54) is 0 Å². The minimum Gasteiger partial charge on any atom is -0.408 e. The first kappa shape index (κ1) is 14.4. The van der Waals surface area contributed by atoms with Gasteiger partial charge in [0.1, 0.15) is 0 Å². The molecule has 0 aliphatic heterocycles. The van der Waals surface area contributed by atoms with E-state index in [0.29, 0.717) is 18.2 Å². The molecule has 0 saturated carbocycles. The molecule has 6 heteroatoms. The van der Waals surface area contributed by atoms with E-state index in [0.717, 1.165) is 21.2 Å². The zero-order chi connectivity index (χ0) is 15.0. The van der Waals surface area contributed by atoms with Gasteiger partial charge < -0.3 is 4.42 Å². The number of hydrogen-bond acceptors (Lipinski definition) is 3. The van der Waals surface area contributed by atoms with Crippen LogP contribution in [0.4, 0.5) is 0 Å². The third-order valence-corrected chi connectivity index (χ3v) is 4.33. The third kappa shape index (κ3) is 2.76. The normalized spacial score (nSPS) is 12.9. The summed E-state index contributed by atoms with van der Waals surface area (Å²) in [6.45, 7) is 4.68. The molecule has 110 valence electrons. The molecule has 1 aromatic carbocycles. The zero-order valence-electron chi connectivity index (χ0n) is 11.9. The van der Waals surface area contributed by atoms with Crippen LogP contribution < -0.4 is 5.76 Å². The van der Waals surface area contributed by atoms with Crippen molar-refractivity contribution < 1.29 is 4.42 Å². The van der Waals surface area contributed by atoms with Gasteiger partial charge in [0, 0.05) is 15.8 Å². The van der Waals surface area contributed by atoms with Crippen molar-refractivity contribution in [1.82, 2.24) is 14.3 Å². The highest BCUT2D eigenvalue weighted by atomic mass is 127. The summed E-state index contributed by atoms with van der Waals surface area (Å²) in [6.07, 6.45) is 2.98. The van der Waals surface area contributed by atoms with E-state index < -0.39 is 0 Å². The number of hydrogen-bond donors (Lipinski definition) is 0. The summed E-state index contributed by atoms with van der Waals surface area (Å²) in [6, 6.07) is 8.05. The lowest BCUT2D eigenvalue weighted by atomic mass is 10.3. The van der Waals surface area contributed by atoms with E-state index in [1.54, 1.807) is 4.57 Å². The molecule has 2 aromatic heterocycles. The van der Waals surface area contributed by atoms with Crippen molar-refractivity contribution in [1.29, 1.82) is 0 Å².